The average molecular weight is 579 g/mol. The Morgan fingerprint density at radius 3 is 2.50 bits per heavy atom. The molecule has 8 unspecified atom stereocenters. The number of ether oxygens (including phenoxy) is 4. The first-order chi connectivity index (χ1) is 18.9. The molecule has 232 valence electrons. The molecule has 4 rings (SSSR count). The van der Waals surface area contributed by atoms with Crippen LogP contribution in [0.25, 0.3) is 0 Å². The summed E-state index contributed by atoms with van der Waals surface area (Å²) in [6.07, 6.45) is -6.00. The number of amidine groups is 1. The van der Waals surface area contributed by atoms with Crippen molar-refractivity contribution in [2.24, 2.45) is 17.4 Å². The fraction of sp³-hybridized carbons (Fsp3) is 0.958. The van der Waals surface area contributed by atoms with Gasteiger partial charge in [-0.1, -0.05) is 0 Å². The first-order valence-electron chi connectivity index (χ1n) is 13.7. The van der Waals surface area contributed by atoms with Gasteiger partial charge in [-0.15, -0.1) is 0 Å². The zero-order valence-corrected chi connectivity index (χ0v) is 22.8. The zero-order chi connectivity index (χ0) is 29.4. The third-order valence-electron chi connectivity index (χ3n) is 8.61. The maximum absolute atomic E-state index is 11.8. The normalized spacial score (nSPS) is 47.5. The lowest BCUT2D eigenvalue weighted by molar-refractivity contribution is -0.400. The van der Waals surface area contributed by atoms with Crippen LogP contribution in [-0.4, -0.2) is 155 Å². The van der Waals surface area contributed by atoms with Gasteiger partial charge in [0.05, 0.1) is 44.1 Å². The van der Waals surface area contributed by atoms with E-state index in [4.69, 9.17) is 40.9 Å². The second-order valence-corrected chi connectivity index (χ2v) is 11.5. The Morgan fingerprint density at radius 2 is 1.85 bits per heavy atom. The summed E-state index contributed by atoms with van der Waals surface area (Å²) in [6, 6.07) is -2.81. The molecule has 16 nitrogen and oxygen atoms in total. The van der Waals surface area contributed by atoms with Gasteiger partial charge >= 0.3 is 0 Å². The number of aliphatic hydroxyl groups excluding tert-OH is 4. The molecule has 0 aromatic rings. The van der Waals surface area contributed by atoms with Gasteiger partial charge in [-0.25, -0.2) is 0 Å². The van der Waals surface area contributed by atoms with Gasteiger partial charge in [0.25, 0.3) is 0 Å². The molecule has 14 N–H and O–H groups in total. The van der Waals surface area contributed by atoms with Crippen LogP contribution in [0.3, 0.4) is 0 Å². The molecule has 40 heavy (non-hydrogen) atoms. The summed E-state index contributed by atoms with van der Waals surface area (Å²) in [7, 11) is 1.58. The average Bonchev–Trinajstić information content (AvgIpc) is 2.91. The Morgan fingerprint density at radius 1 is 1.15 bits per heavy atom. The Balaban J connectivity index is 1.50. The van der Waals surface area contributed by atoms with Crippen molar-refractivity contribution in [3.8, 4) is 0 Å². The van der Waals surface area contributed by atoms with Gasteiger partial charge in [-0.2, -0.15) is 0 Å². The maximum atomic E-state index is 11.8. The van der Waals surface area contributed by atoms with Gasteiger partial charge in [-0.3, -0.25) is 5.41 Å². The molecule has 0 aromatic heterocycles. The van der Waals surface area contributed by atoms with E-state index in [0.717, 1.165) is 0 Å². The van der Waals surface area contributed by atoms with Gasteiger partial charge in [0.15, 0.2) is 12.6 Å². The van der Waals surface area contributed by atoms with Gasteiger partial charge in [0.1, 0.15) is 41.5 Å². The van der Waals surface area contributed by atoms with Crippen molar-refractivity contribution in [2.45, 2.75) is 98.2 Å². The van der Waals surface area contributed by atoms with Crippen LogP contribution in [0.4, 0.5) is 0 Å². The van der Waals surface area contributed by atoms with Crippen LogP contribution in [0.5, 0.6) is 0 Å². The van der Waals surface area contributed by atoms with Gasteiger partial charge in [0, 0.05) is 25.0 Å². The van der Waals surface area contributed by atoms with E-state index in [-0.39, 0.29) is 19.3 Å². The first-order valence-corrected chi connectivity index (χ1v) is 13.7. The smallest absolute Gasteiger partial charge is 0.185 e. The monoisotopic (exact) mass is 578 g/mol. The summed E-state index contributed by atoms with van der Waals surface area (Å²) in [5.74, 6) is -1.07. The molecule has 0 aromatic carbocycles. The Hall–Kier alpha value is -1.09. The lowest BCUT2D eigenvalue weighted by Crippen LogP contribution is -2.93. The number of nitrogens with two attached hydrogens (primary N) is 2. The number of rotatable bonds is 12. The fourth-order valence-electron chi connectivity index (χ4n) is 6.39. The third-order valence-corrected chi connectivity index (χ3v) is 8.61. The van der Waals surface area contributed by atoms with E-state index in [1.807, 2.05) is 0 Å². The van der Waals surface area contributed by atoms with E-state index in [1.54, 1.807) is 7.05 Å². The lowest BCUT2D eigenvalue weighted by atomic mass is 9.46. The molecule has 4 aliphatic rings. The van der Waals surface area contributed by atoms with Crippen LogP contribution in [0.2, 0.25) is 0 Å². The van der Waals surface area contributed by atoms with E-state index >= 15 is 0 Å². The SMILES string of the molecule is CN[C@@H]1C(O)[C@@H](OC2[C@H](NC(=N)C(O)CO)C3[C@H](N)C(O[C@H]4O[C@H](CNCCO)CCC4N)C23O)OCC1(C)O. The van der Waals surface area contributed by atoms with Crippen LogP contribution in [0, 0.1) is 11.3 Å². The quantitative estimate of drug-likeness (QED) is 0.0584. The van der Waals surface area contributed by atoms with Gasteiger partial charge in [-0.05, 0) is 26.8 Å². The standard InChI is InChI=1S/C24H46N6O10/c1-23(35)9-37-22(16(34)17(23)28-2)40-19-15(30-20(27)12(33)8-32)13-14(26)18(24(13,19)36)39-21-11(25)4-3-10(38-21)7-29-5-6-31/h10-19,21-22,28-29,31-36H,3-9,25-26H2,1-2H3,(H2,27,30)/t10-,11?,12?,13?,14-,15+,16?,17+,18?,19?,21+,22+,23?,24?/m0/s1. The molecule has 0 bridgehead atoms. The summed E-state index contributed by atoms with van der Waals surface area (Å²) >= 11 is 0. The molecule has 2 saturated heterocycles. The van der Waals surface area contributed by atoms with Crippen molar-refractivity contribution >= 4 is 5.84 Å². The van der Waals surface area contributed by atoms with Crippen LogP contribution in [-0.2, 0) is 18.9 Å². The lowest BCUT2D eigenvalue weighted by Gasteiger charge is -2.71. The molecule has 0 amide bonds. The van der Waals surface area contributed by atoms with Crippen molar-refractivity contribution < 1.29 is 49.6 Å². The number of likely N-dealkylation sites (N-methyl/N-ethyl adjacent to an activating group) is 1. The van der Waals surface area contributed by atoms with Crippen molar-refractivity contribution in [3.05, 3.63) is 0 Å². The van der Waals surface area contributed by atoms with Crippen LogP contribution in [0.15, 0.2) is 0 Å². The van der Waals surface area contributed by atoms with E-state index in [9.17, 15) is 25.5 Å². The molecule has 2 aliphatic carbocycles. The second kappa shape index (κ2) is 12.6. The highest BCUT2D eigenvalue weighted by molar-refractivity contribution is 5.84. The summed E-state index contributed by atoms with van der Waals surface area (Å²) in [5, 5.41) is 78.4. The number of fused-ring (bicyclic) bond motifs is 1. The molecular weight excluding hydrogens is 532 g/mol. The highest BCUT2D eigenvalue weighted by Gasteiger charge is 2.79. The topological polar surface area (TPSA) is 270 Å². The maximum Gasteiger partial charge on any atom is 0.185 e. The van der Waals surface area contributed by atoms with Crippen molar-refractivity contribution in [1.82, 2.24) is 16.0 Å². The molecule has 2 aliphatic heterocycles. The van der Waals surface area contributed by atoms with E-state index in [0.29, 0.717) is 25.9 Å². The summed E-state index contributed by atoms with van der Waals surface area (Å²) < 4.78 is 23.9. The minimum absolute atomic E-state index is 0.00703. The van der Waals surface area contributed by atoms with E-state index in [2.05, 4.69) is 16.0 Å². The number of aliphatic hydroxyl groups is 6. The summed E-state index contributed by atoms with van der Waals surface area (Å²) in [4.78, 5) is 0. The molecule has 16 heteroatoms. The summed E-state index contributed by atoms with van der Waals surface area (Å²) in [5.41, 5.74) is 9.63. The number of nitrogens with one attached hydrogen (secondary N) is 4. The van der Waals surface area contributed by atoms with Crippen molar-refractivity contribution in [2.75, 3.05) is 40.0 Å². The van der Waals surface area contributed by atoms with E-state index < -0.39 is 90.7 Å². The van der Waals surface area contributed by atoms with E-state index in [1.165, 1.54) is 6.92 Å². The highest BCUT2D eigenvalue weighted by Crippen LogP contribution is 2.57. The fourth-order valence-corrected chi connectivity index (χ4v) is 6.39. The van der Waals surface area contributed by atoms with Gasteiger partial charge < -0.3 is 77.0 Å². The van der Waals surface area contributed by atoms with Crippen LogP contribution < -0.4 is 27.4 Å². The third kappa shape index (κ3) is 5.76. The summed E-state index contributed by atoms with van der Waals surface area (Å²) in [6.45, 7) is 1.55. The molecule has 14 atom stereocenters. The van der Waals surface area contributed by atoms with Crippen molar-refractivity contribution in [3.63, 3.8) is 0 Å². The predicted molar refractivity (Wildman–Crippen MR) is 139 cm³/mol. The molecule has 0 spiro atoms. The second-order valence-electron chi connectivity index (χ2n) is 11.5. The minimum atomic E-state index is -1.69. The van der Waals surface area contributed by atoms with Crippen molar-refractivity contribution in [1.29, 1.82) is 5.41 Å². The Labute approximate surface area is 232 Å². The van der Waals surface area contributed by atoms with Crippen LogP contribution >= 0.6 is 0 Å². The molecular formula is C24H46N6O10. The number of hydrogen-bond donors (Lipinski definition) is 12. The molecule has 0 radical (unpaired) electrons. The molecule has 2 saturated carbocycles. The Bertz CT molecular complexity index is 874. The van der Waals surface area contributed by atoms with Crippen LogP contribution in [0.1, 0.15) is 19.8 Å². The highest BCUT2D eigenvalue weighted by atomic mass is 16.7. The largest absolute Gasteiger partial charge is 0.395 e. The van der Waals surface area contributed by atoms with Gasteiger partial charge in [0.2, 0.25) is 0 Å². The molecule has 2 heterocycles. The molecule has 4 fully saturated rings. The minimum Gasteiger partial charge on any atom is -0.395 e. The predicted octanol–water partition coefficient (Wildman–Crippen LogP) is -5.78. The number of hydrogen-bond acceptors (Lipinski definition) is 15. The first kappa shape index (κ1) is 31.8. The zero-order valence-electron chi connectivity index (χ0n) is 22.8. The Kier molecular flexibility index (Phi) is 10.1.